The van der Waals surface area contributed by atoms with Gasteiger partial charge in [0.15, 0.2) is 5.15 Å². The third kappa shape index (κ3) is 3.62. The van der Waals surface area contributed by atoms with Crippen LogP contribution >= 0.6 is 23.1 Å². The van der Waals surface area contributed by atoms with Gasteiger partial charge in [-0.3, -0.25) is 0 Å². The molecule has 0 atom stereocenters. The smallest absolute Gasteiger partial charge is 0.341 e. The summed E-state index contributed by atoms with van der Waals surface area (Å²) in [5.41, 5.74) is 0.774. The second-order valence-electron chi connectivity index (χ2n) is 4.10. The van der Waals surface area contributed by atoms with E-state index >= 15 is 0 Å². The van der Waals surface area contributed by atoms with E-state index in [1.54, 1.807) is 24.3 Å². The van der Waals surface area contributed by atoms with Crippen LogP contribution in [-0.2, 0) is 14.3 Å². The second-order valence-corrected chi connectivity index (χ2v) is 5.20. The molecule has 0 saturated heterocycles. The summed E-state index contributed by atoms with van der Waals surface area (Å²) >= 11 is 6.78. The number of carbonyl (C=O) groups excluding carboxylic acids is 1. The molecule has 0 aliphatic rings. The van der Waals surface area contributed by atoms with Gasteiger partial charge >= 0.3 is 5.97 Å². The van der Waals surface area contributed by atoms with E-state index in [1.807, 2.05) is 6.07 Å². The molecule has 1 heterocycles. The summed E-state index contributed by atoms with van der Waals surface area (Å²) in [6, 6.07) is 8.72. The summed E-state index contributed by atoms with van der Waals surface area (Å²) in [7, 11) is 2.69. The minimum Gasteiger partial charge on any atom is -0.503 e. The number of nitrogens with zero attached hydrogens (tertiary/aromatic N) is 2. The molecule has 0 amide bonds. The van der Waals surface area contributed by atoms with Crippen molar-refractivity contribution in [3.8, 4) is 16.9 Å². The summed E-state index contributed by atoms with van der Waals surface area (Å²) in [6.07, 6.45) is 1.26. The number of hydrogen-bond donors (Lipinski definition) is 0. The van der Waals surface area contributed by atoms with Gasteiger partial charge in [-0.05, 0) is 6.07 Å². The Kier molecular flexibility index (Phi) is 5.57. The predicted octanol–water partition coefficient (Wildman–Crippen LogP) is 3.62. The molecule has 1 aromatic carbocycles. The van der Waals surface area contributed by atoms with Crippen LogP contribution in [0.2, 0.25) is 5.15 Å². The van der Waals surface area contributed by atoms with Gasteiger partial charge in [-0.1, -0.05) is 29.8 Å². The van der Waals surface area contributed by atoms with Crippen LogP contribution in [-0.4, -0.2) is 24.6 Å². The van der Waals surface area contributed by atoms with Crippen molar-refractivity contribution in [1.29, 1.82) is 5.26 Å². The Hall–Kier alpha value is -2.56. The lowest BCUT2D eigenvalue weighted by atomic mass is 10.1. The number of carbonyl (C=O) groups is 1. The second kappa shape index (κ2) is 7.63. The van der Waals surface area contributed by atoms with Gasteiger partial charge in [-0.2, -0.15) is 9.64 Å². The van der Waals surface area contributed by atoms with Gasteiger partial charge in [0.1, 0.15) is 23.0 Å². The topological polar surface area (TPSA) is 81.4 Å². The monoisotopic (exact) mass is 350 g/mol. The third-order valence-corrected chi connectivity index (χ3v) is 3.85. The van der Waals surface area contributed by atoms with Crippen molar-refractivity contribution >= 4 is 34.7 Å². The fraction of sp³-hybridized carbons (Fsp3) is 0.133. The number of methoxy groups -OCH3 is 2. The number of esters is 1. The molecule has 0 unspecified atom stereocenters. The first-order valence-electron chi connectivity index (χ1n) is 6.26. The number of nitriles is 1. The molecule has 1 aromatic heterocycles. The Morgan fingerprint density at radius 1 is 1.39 bits per heavy atom. The minimum absolute atomic E-state index is 0.0746. The van der Waals surface area contributed by atoms with Crippen LogP contribution < -0.4 is 4.74 Å². The van der Waals surface area contributed by atoms with Gasteiger partial charge in [-0.15, -0.1) is 0 Å². The van der Waals surface area contributed by atoms with Crippen molar-refractivity contribution in [3.63, 3.8) is 0 Å². The Balaban J connectivity index is 2.47. The molecule has 0 saturated carbocycles. The number of hydrogen-bond acceptors (Lipinski definition) is 7. The molecule has 0 fully saturated rings. The summed E-state index contributed by atoms with van der Waals surface area (Å²) in [5, 5.41) is 9.42. The first-order valence-corrected chi connectivity index (χ1v) is 7.41. The molecule has 6 nitrogen and oxygen atoms in total. The van der Waals surface area contributed by atoms with Crippen LogP contribution in [0.15, 0.2) is 30.5 Å². The fourth-order valence-corrected chi connectivity index (χ4v) is 2.65. The van der Waals surface area contributed by atoms with Crippen molar-refractivity contribution in [2.24, 2.45) is 0 Å². The van der Waals surface area contributed by atoms with Crippen molar-refractivity contribution in [2.45, 2.75) is 0 Å². The third-order valence-electron chi connectivity index (χ3n) is 2.75. The zero-order chi connectivity index (χ0) is 16.8. The molecule has 0 spiro atoms. The fourth-order valence-electron chi connectivity index (χ4n) is 1.75. The lowest BCUT2D eigenvalue weighted by Gasteiger charge is -2.11. The van der Waals surface area contributed by atoms with E-state index in [9.17, 15) is 4.79 Å². The highest BCUT2D eigenvalue weighted by Gasteiger charge is 2.20. The Morgan fingerprint density at radius 2 is 2.13 bits per heavy atom. The minimum atomic E-state index is -0.578. The molecule has 0 aliphatic carbocycles. The van der Waals surface area contributed by atoms with Gasteiger partial charge in [0, 0.05) is 17.1 Å². The van der Waals surface area contributed by atoms with Crippen molar-refractivity contribution < 1.29 is 19.0 Å². The number of rotatable bonds is 5. The summed E-state index contributed by atoms with van der Waals surface area (Å²) in [5.74, 6) is -0.233. The number of para-hydroxylation sites is 1. The van der Waals surface area contributed by atoms with Crippen molar-refractivity contribution in [1.82, 2.24) is 4.37 Å². The highest BCUT2D eigenvalue weighted by molar-refractivity contribution is 7.08. The number of halogens is 1. The maximum atomic E-state index is 11.9. The molecular weight excluding hydrogens is 340 g/mol. The molecule has 118 valence electrons. The summed E-state index contributed by atoms with van der Waals surface area (Å²) < 4.78 is 19.3. The summed E-state index contributed by atoms with van der Waals surface area (Å²) in [4.78, 5) is 11.9. The summed E-state index contributed by atoms with van der Waals surface area (Å²) in [6.45, 7) is 0. The molecule has 0 bridgehead atoms. The highest BCUT2D eigenvalue weighted by atomic mass is 35.5. The zero-order valence-corrected chi connectivity index (χ0v) is 13.8. The SMILES string of the molecule is CO/C=C(/C(=O)OC)c1ccccc1Oc1snc(Cl)c1C#N. The van der Waals surface area contributed by atoms with E-state index in [1.165, 1.54) is 20.5 Å². The largest absolute Gasteiger partial charge is 0.503 e. The normalized spacial score (nSPS) is 10.8. The predicted molar refractivity (Wildman–Crippen MR) is 85.4 cm³/mol. The van der Waals surface area contributed by atoms with E-state index < -0.39 is 5.97 Å². The van der Waals surface area contributed by atoms with Gasteiger partial charge < -0.3 is 14.2 Å². The van der Waals surface area contributed by atoms with Crippen LogP contribution in [0.1, 0.15) is 11.1 Å². The van der Waals surface area contributed by atoms with Crippen molar-refractivity contribution in [3.05, 3.63) is 46.8 Å². The van der Waals surface area contributed by atoms with Gasteiger partial charge in [0.2, 0.25) is 5.06 Å². The van der Waals surface area contributed by atoms with Gasteiger partial charge in [-0.25, -0.2) is 4.79 Å². The highest BCUT2D eigenvalue weighted by Crippen LogP contribution is 2.37. The molecule has 2 aromatic rings. The Morgan fingerprint density at radius 3 is 2.78 bits per heavy atom. The first-order chi connectivity index (χ1) is 11.1. The molecule has 8 heteroatoms. The van der Waals surface area contributed by atoms with Crippen LogP contribution in [0.5, 0.6) is 10.8 Å². The molecule has 2 rings (SSSR count). The average molecular weight is 351 g/mol. The molecule has 0 N–H and O–H groups in total. The lowest BCUT2D eigenvalue weighted by Crippen LogP contribution is -2.05. The van der Waals surface area contributed by atoms with Crippen LogP contribution in [0, 0.1) is 11.3 Å². The quantitative estimate of drug-likeness (QED) is 0.465. The average Bonchev–Trinajstić information content (AvgIpc) is 2.92. The number of aromatic nitrogens is 1. The number of benzene rings is 1. The Bertz CT molecular complexity index is 795. The van der Waals surface area contributed by atoms with E-state index in [0.717, 1.165) is 11.5 Å². The Labute approximate surface area is 141 Å². The molecule has 23 heavy (non-hydrogen) atoms. The molecular formula is C15H11ClN2O4S. The van der Waals surface area contributed by atoms with Gasteiger partial charge in [0.25, 0.3) is 0 Å². The van der Waals surface area contributed by atoms with Crippen LogP contribution in [0.3, 0.4) is 0 Å². The van der Waals surface area contributed by atoms with E-state index in [0.29, 0.717) is 11.3 Å². The molecule has 0 radical (unpaired) electrons. The standard InChI is InChI=1S/C15H11ClN2O4S/c1-20-8-11(14(19)21-2)9-5-3-4-6-12(9)22-15-10(7-17)13(16)18-23-15/h3-6,8H,1-2H3/b11-8+. The van der Waals surface area contributed by atoms with Crippen LogP contribution in [0.25, 0.3) is 5.57 Å². The van der Waals surface area contributed by atoms with E-state index in [2.05, 4.69) is 4.37 Å². The van der Waals surface area contributed by atoms with Crippen molar-refractivity contribution in [2.75, 3.05) is 14.2 Å². The lowest BCUT2D eigenvalue weighted by molar-refractivity contribution is -0.133. The molecule has 0 aliphatic heterocycles. The van der Waals surface area contributed by atoms with E-state index in [4.69, 9.17) is 31.1 Å². The van der Waals surface area contributed by atoms with E-state index in [-0.39, 0.29) is 21.4 Å². The van der Waals surface area contributed by atoms with Crippen LogP contribution in [0.4, 0.5) is 0 Å². The zero-order valence-electron chi connectivity index (χ0n) is 12.2. The first kappa shape index (κ1) is 16.8. The maximum Gasteiger partial charge on any atom is 0.341 e. The number of ether oxygens (including phenoxy) is 3. The maximum absolute atomic E-state index is 11.9. The van der Waals surface area contributed by atoms with Gasteiger partial charge in [0.05, 0.1) is 20.5 Å².